The molecule has 2 fully saturated rings. The van der Waals surface area contributed by atoms with Gasteiger partial charge in [-0.2, -0.15) is 0 Å². The number of piperidine rings is 1. The summed E-state index contributed by atoms with van der Waals surface area (Å²) >= 11 is 0. The smallest absolute Gasteiger partial charge is 0.317 e. The van der Waals surface area contributed by atoms with E-state index in [1.165, 1.54) is 0 Å². The van der Waals surface area contributed by atoms with Gasteiger partial charge in [-0.1, -0.05) is 18.2 Å². The molecule has 2 N–H and O–H groups in total. The quantitative estimate of drug-likeness (QED) is 0.898. The van der Waals surface area contributed by atoms with Gasteiger partial charge in [0.25, 0.3) is 0 Å². The van der Waals surface area contributed by atoms with E-state index in [4.69, 9.17) is 0 Å². The highest BCUT2D eigenvalue weighted by Gasteiger charge is 2.32. The summed E-state index contributed by atoms with van der Waals surface area (Å²) in [6.07, 6.45) is 2.34. The lowest BCUT2D eigenvalue weighted by molar-refractivity contribution is -0.132. The Bertz CT molecular complexity index is 813. The number of fused-ring (bicyclic) bond motifs is 1. The number of likely N-dealkylation sites (tertiary alicyclic amines) is 1. The molecule has 1 unspecified atom stereocenters. The van der Waals surface area contributed by atoms with Crippen molar-refractivity contribution in [3.8, 4) is 0 Å². The van der Waals surface area contributed by atoms with Gasteiger partial charge in [0.15, 0.2) is 0 Å². The number of amides is 3. The van der Waals surface area contributed by atoms with E-state index in [2.05, 4.69) is 16.4 Å². The second-order valence-electron chi connectivity index (χ2n) is 7.01. The van der Waals surface area contributed by atoms with E-state index >= 15 is 0 Å². The number of para-hydroxylation sites is 1. The molecule has 0 aliphatic carbocycles. The zero-order chi connectivity index (χ0) is 17.4. The average Bonchev–Trinajstić information content (AvgIpc) is 3.18. The highest BCUT2D eigenvalue weighted by molar-refractivity contribution is 5.90. The second kappa shape index (κ2) is 6.43. The van der Waals surface area contributed by atoms with E-state index in [-0.39, 0.29) is 18.0 Å². The number of benzene rings is 1. The van der Waals surface area contributed by atoms with Crippen LogP contribution in [0.2, 0.25) is 0 Å². The molecule has 1 aromatic carbocycles. The topological polar surface area (TPSA) is 68.4 Å². The van der Waals surface area contributed by atoms with Crippen LogP contribution in [0.3, 0.4) is 0 Å². The van der Waals surface area contributed by atoms with Crippen molar-refractivity contribution in [2.24, 2.45) is 0 Å². The summed E-state index contributed by atoms with van der Waals surface area (Å²) in [6.45, 7) is 4.90. The molecule has 3 heterocycles. The minimum Gasteiger partial charge on any atom is -0.358 e. The average molecular weight is 340 g/mol. The predicted molar refractivity (Wildman–Crippen MR) is 96.4 cm³/mol. The molecule has 6 nitrogen and oxygen atoms in total. The molecule has 2 saturated heterocycles. The molecule has 1 aromatic heterocycles. The van der Waals surface area contributed by atoms with Crippen LogP contribution in [0.4, 0.5) is 4.79 Å². The van der Waals surface area contributed by atoms with E-state index in [0.29, 0.717) is 19.5 Å². The van der Waals surface area contributed by atoms with Gasteiger partial charge in [-0.3, -0.25) is 4.79 Å². The monoisotopic (exact) mass is 340 g/mol. The lowest BCUT2D eigenvalue weighted by atomic mass is 10.0. The summed E-state index contributed by atoms with van der Waals surface area (Å²) in [5.41, 5.74) is 3.22. The molecule has 4 rings (SSSR count). The zero-order valence-corrected chi connectivity index (χ0v) is 14.5. The molecule has 2 aliphatic heterocycles. The first-order valence-electron chi connectivity index (χ1n) is 9.02. The van der Waals surface area contributed by atoms with Gasteiger partial charge < -0.3 is 20.1 Å². The lowest BCUT2D eigenvalue weighted by Gasteiger charge is -2.37. The van der Waals surface area contributed by atoms with Crippen LogP contribution < -0.4 is 5.32 Å². The fourth-order valence-electron chi connectivity index (χ4n) is 4.10. The zero-order valence-electron chi connectivity index (χ0n) is 14.5. The van der Waals surface area contributed by atoms with Crippen molar-refractivity contribution in [2.45, 2.75) is 32.2 Å². The van der Waals surface area contributed by atoms with Crippen molar-refractivity contribution >= 4 is 22.8 Å². The number of nitrogens with zero attached hydrogens (tertiary/aromatic N) is 2. The molecular formula is C19H24N4O2. The van der Waals surface area contributed by atoms with Crippen LogP contribution in [0, 0.1) is 6.92 Å². The summed E-state index contributed by atoms with van der Waals surface area (Å²) in [7, 11) is 0. The number of hydrogen-bond acceptors (Lipinski definition) is 2. The van der Waals surface area contributed by atoms with Crippen LogP contribution >= 0.6 is 0 Å². The molecule has 0 bridgehead atoms. The third kappa shape index (κ3) is 2.97. The largest absolute Gasteiger partial charge is 0.358 e. The van der Waals surface area contributed by atoms with E-state index in [0.717, 1.165) is 48.1 Å². The maximum atomic E-state index is 12.9. The minimum absolute atomic E-state index is 0.00627. The van der Waals surface area contributed by atoms with Crippen LogP contribution in [-0.2, 0) is 11.2 Å². The van der Waals surface area contributed by atoms with Crippen molar-refractivity contribution in [1.29, 1.82) is 0 Å². The normalized spacial score (nSPS) is 21.0. The molecule has 1 atom stereocenters. The van der Waals surface area contributed by atoms with Gasteiger partial charge in [0.05, 0.1) is 12.5 Å². The van der Waals surface area contributed by atoms with Gasteiger partial charge in [-0.05, 0) is 31.4 Å². The molecule has 25 heavy (non-hydrogen) atoms. The first kappa shape index (κ1) is 16.0. The molecule has 0 saturated carbocycles. The predicted octanol–water partition coefficient (Wildman–Crippen LogP) is 2.04. The van der Waals surface area contributed by atoms with E-state index in [1.54, 1.807) is 0 Å². The maximum absolute atomic E-state index is 12.9. The van der Waals surface area contributed by atoms with Gasteiger partial charge >= 0.3 is 6.03 Å². The summed E-state index contributed by atoms with van der Waals surface area (Å²) in [4.78, 5) is 32.0. The van der Waals surface area contributed by atoms with Crippen LogP contribution in [0.25, 0.3) is 10.9 Å². The standard InChI is InChI=1S/C19H24N4O2/c1-13-16(15-6-2-3-7-17(15)21-13)11-18(24)22-9-4-5-14(12-22)23-10-8-20-19(23)25/h2-3,6-7,14,21H,4-5,8-12H2,1H3,(H,20,25). The summed E-state index contributed by atoms with van der Waals surface area (Å²) in [5.74, 6) is 0.150. The lowest BCUT2D eigenvalue weighted by Crippen LogP contribution is -2.51. The fraction of sp³-hybridized carbons (Fsp3) is 0.474. The number of carbonyl (C=O) groups excluding carboxylic acids is 2. The minimum atomic E-state index is 0.00627. The van der Waals surface area contributed by atoms with Crippen LogP contribution in [0.15, 0.2) is 24.3 Å². The second-order valence-corrected chi connectivity index (χ2v) is 7.01. The SMILES string of the molecule is Cc1[nH]c2ccccc2c1CC(=O)N1CCCC(N2CCNC2=O)C1. The van der Waals surface area contributed by atoms with Crippen LogP contribution in [0.5, 0.6) is 0 Å². The van der Waals surface area contributed by atoms with E-state index in [9.17, 15) is 9.59 Å². The Morgan fingerprint density at radius 3 is 2.92 bits per heavy atom. The number of aryl methyl sites for hydroxylation is 1. The maximum Gasteiger partial charge on any atom is 0.317 e. The number of nitrogens with one attached hydrogen (secondary N) is 2. The van der Waals surface area contributed by atoms with Gasteiger partial charge in [0, 0.05) is 42.8 Å². The summed E-state index contributed by atoms with van der Waals surface area (Å²) in [5, 5.41) is 3.98. The third-order valence-electron chi connectivity index (χ3n) is 5.43. The van der Waals surface area contributed by atoms with Crippen molar-refractivity contribution in [1.82, 2.24) is 20.1 Å². The number of aromatic nitrogens is 1. The number of carbonyl (C=O) groups is 2. The number of rotatable bonds is 3. The van der Waals surface area contributed by atoms with Crippen molar-refractivity contribution in [3.05, 3.63) is 35.5 Å². The molecule has 3 amide bonds. The molecule has 0 radical (unpaired) electrons. The van der Waals surface area contributed by atoms with Gasteiger partial charge in [-0.15, -0.1) is 0 Å². The van der Waals surface area contributed by atoms with Gasteiger partial charge in [0.2, 0.25) is 5.91 Å². The van der Waals surface area contributed by atoms with Crippen LogP contribution in [0.1, 0.15) is 24.1 Å². The Kier molecular flexibility index (Phi) is 4.11. The van der Waals surface area contributed by atoms with E-state index < -0.39 is 0 Å². The summed E-state index contributed by atoms with van der Waals surface area (Å²) in [6, 6.07) is 8.26. The first-order chi connectivity index (χ1) is 12.1. The van der Waals surface area contributed by atoms with Crippen molar-refractivity contribution in [3.63, 3.8) is 0 Å². The van der Waals surface area contributed by atoms with Crippen molar-refractivity contribution in [2.75, 3.05) is 26.2 Å². The third-order valence-corrected chi connectivity index (χ3v) is 5.43. The molecule has 2 aliphatic rings. The molecule has 2 aromatic rings. The number of hydrogen-bond donors (Lipinski definition) is 2. The van der Waals surface area contributed by atoms with Crippen LogP contribution in [-0.4, -0.2) is 58.9 Å². The fourth-order valence-corrected chi connectivity index (χ4v) is 4.10. The van der Waals surface area contributed by atoms with Gasteiger partial charge in [-0.25, -0.2) is 4.79 Å². The molecule has 6 heteroatoms. The van der Waals surface area contributed by atoms with Crippen molar-refractivity contribution < 1.29 is 9.59 Å². The summed E-state index contributed by atoms with van der Waals surface area (Å²) < 4.78 is 0. The number of urea groups is 1. The molecule has 132 valence electrons. The van der Waals surface area contributed by atoms with Gasteiger partial charge in [0.1, 0.15) is 0 Å². The molecular weight excluding hydrogens is 316 g/mol. The highest BCUT2D eigenvalue weighted by atomic mass is 16.2. The Balaban J connectivity index is 1.48. The Labute approximate surface area is 147 Å². The Hall–Kier alpha value is -2.50. The Morgan fingerprint density at radius 1 is 1.28 bits per heavy atom. The van der Waals surface area contributed by atoms with E-state index in [1.807, 2.05) is 34.9 Å². The Morgan fingerprint density at radius 2 is 2.12 bits per heavy atom. The molecule has 0 spiro atoms. The number of aromatic amines is 1. The number of H-pyrrole nitrogens is 1. The first-order valence-corrected chi connectivity index (χ1v) is 9.02. The highest BCUT2D eigenvalue weighted by Crippen LogP contribution is 2.24.